The predicted octanol–water partition coefficient (Wildman–Crippen LogP) is 3.31. The van der Waals surface area contributed by atoms with Crippen molar-refractivity contribution in [2.45, 2.75) is 38.8 Å². The van der Waals surface area contributed by atoms with E-state index in [4.69, 9.17) is 21.1 Å². The van der Waals surface area contributed by atoms with Gasteiger partial charge in [0, 0.05) is 23.7 Å². The van der Waals surface area contributed by atoms with Gasteiger partial charge in [-0.2, -0.15) is 0 Å². The van der Waals surface area contributed by atoms with Gasteiger partial charge in [-0.25, -0.2) is 0 Å². The zero-order chi connectivity index (χ0) is 15.1. The van der Waals surface area contributed by atoms with E-state index in [0.717, 1.165) is 44.0 Å². The summed E-state index contributed by atoms with van der Waals surface area (Å²) in [6.45, 7) is 7.49. The van der Waals surface area contributed by atoms with E-state index in [9.17, 15) is 0 Å². The molecule has 0 saturated carbocycles. The SMILES string of the molecule is CCCOc1ccc(Cl)cc1NC(C)CC1COCCN1. The van der Waals surface area contributed by atoms with Crippen LogP contribution in [-0.4, -0.2) is 38.4 Å². The van der Waals surface area contributed by atoms with Crippen LogP contribution in [0, 0.1) is 0 Å². The highest BCUT2D eigenvalue weighted by molar-refractivity contribution is 6.30. The first-order valence-corrected chi connectivity index (χ1v) is 8.07. The number of halogens is 1. The molecule has 1 fully saturated rings. The molecule has 2 N–H and O–H groups in total. The quantitative estimate of drug-likeness (QED) is 0.810. The Labute approximate surface area is 132 Å². The second-order valence-electron chi connectivity index (χ2n) is 5.50. The Morgan fingerprint density at radius 1 is 1.52 bits per heavy atom. The maximum Gasteiger partial charge on any atom is 0.142 e. The van der Waals surface area contributed by atoms with Crippen molar-refractivity contribution in [1.82, 2.24) is 5.32 Å². The minimum absolute atomic E-state index is 0.312. The third-order valence-corrected chi connectivity index (χ3v) is 3.68. The molecule has 1 aromatic rings. The maximum absolute atomic E-state index is 6.10. The number of ether oxygens (including phenoxy) is 2. The average molecular weight is 313 g/mol. The summed E-state index contributed by atoms with van der Waals surface area (Å²) in [5, 5.41) is 7.69. The fraction of sp³-hybridized carbons (Fsp3) is 0.625. The van der Waals surface area contributed by atoms with E-state index in [0.29, 0.717) is 23.7 Å². The summed E-state index contributed by atoms with van der Waals surface area (Å²) in [5.74, 6) is 0.862. The molecule has 1 saturated heterocycles. The lowest BCUT2D eigenvalue weighted by atomic mass is 10.1. The largest absolute Gasteiger partial charge is 0.491 e. The lowest BCUT2D eigenvalue weighted by molar-refractivity contribution is 0.0731. The number of nitrogens with one attached hydrogen (secondary N) is 2. The van der Waals surface area contributed by atoms with Gasteiger partial charge in [0.25, 0.3) is 0 Å². The van der Waals surface area contributed by atoms with Gasteiger partial charge in [-0.1, -0.05) is 18.5 Å². The lowest BCUT2D eigenvalue weighted by Crippen LogP contribution is -2.43. The Hall–Kier alpha value is -0.970. The van der Waals surface area contributed by atoms with Crippen LogP contribution in [-0.2, 0) is 4.74 Å². The van der Waals surface area contributed by atoms with Gasteiger partial charge in [0.05, 0.1) is 25.5 Å². The van der Waals surface area contributed by atoms with Gasteiger partial charge in [0.2, 0.25) is 0 Å². The van der Waals surface area contributed by atoms with Crippen LogP contribution in [0.1, 0.15) is 26.7 Å². The lowest BCUT2D eigenvalue weighted by Gasteiger charge is -2.27. The molecule has 0 spiro atoms. The molecule has 1 aliphatic heterocycles. The molecule has 2 rings (SSSR count). The summed E-state index contributed by atoms with van der Waals surface area (Å²) in [6.07, 6.45) is 1.99. The van der Waals surface area contributed by atoms with E-state index in [1.54, 1.807) is 0 Å². The number of anilines is 1. The monoisotopic (exact) mass is 312 g/mol. The third kappa shape index (κ3) is 5.38. The standard InChI is InChI=1S/C16H25ClN2O2/c1-3-7-21-16-5-4-13(17)10-15(16)19-12(2)9-14-11-20-8-6-18-14/h4-5,10,12,14,18-19H,3,6-9,11H2,1-2H3. The van der Waals surface area contributed by atoms with Gasteiger partial charge in [-0.3, -0.25) is 0 Å². The smallest absolute Gasteiger partial charge is 0.142 e. The molecule has 2 atom stereocenters. The molecule has 118 valence electrons. The van der Waals surface area contributed by atoms with Crippen molar-refractivity contribution in [3.63, 3.8) is 0 Å². The van der Waals surface area contributed by atoms with Crippen LogP contribution in [0.4, 0.5) is 5.69 Å². The van der Waals surface area contributed by atoms with Crippen LogP contribution in [0.3, 0.4) is 0 Å². The van der Waals surface area contributed by atoms with E-state index in [-0.39, 0.29) is 0 Å². The van der Waals surface area contributed by atoms with Crippen LogP contribution in [0.15, 0.2) is 18.2 Å². The molecule has 5 heteroatoms. The molecule has 0 amide bonds. The van der Waals surface area contributed by atoms with Crippen molar-refractivity contribution in [1.29, 1.82) is 0 Å². The Bertz CT molecular complexity index is 436. The van der Waals surface area contributed by atoms with Crippen molar-refractivity contribution in [3.8, 4) is 5.75 Å². The molecule has 0 bridgehead atoms. The molecule has 4 nitrogen and oxygen atoms in total. The fourth-order valence-corrected chi connectivity index (χ4v) is 2.65. The van der Waals surface area contributed by atoms with Gasteiger partial charge in [0.1, 0.15) is 5.75 Å². The molecule has 2 unspecified atom stereocenters. The first-order valence-electron chi connectivity index (χ1n) is 7.69. The molecule has 21 heavy (non-hydrogen) atoms. The second kappa shape index (κ2) is 8.47. The van der Waals surface area contributed by atoms with Crippen molar-refractivity contribution in [2.24, 2.45) is 0 Å². The zero-order valence-corrected chi connectivity index (χ0v) is 13.6. The van der Waals surface area contributed by atoms with Crippen molar-refractivity contribution >= 4 is 17.3 Å². The predicted molar refractivity (Wildman–Crippen MR) is 87.5 cm³/mol. The minimum Gasteiger partial charge on any atom is -0.491 e. The zero-order valence-electron chi connectivity index (χ0n) is 12.8. The Kier molecular flexibility index (Phi) is 6.61. The molecule has 0 aliphatic carbocycles. The summed E-state index contributed by atoms with van der Waals surface area (Å²) >= 11 is 6.10. The van der Waals surface area contributed by atoms with Crippen LogP contribution >= 0.6 is 11.6 Å². The summed E-state index contributed by atoms with van der Waals surface area (Å²) in [6, 6.07) is 6.43. The van der Waals surface area contributed by atoms with E-state index >= 15 is 0 Å². The normalized spacial score (nSPS) is 20.0. The number of hydrogen-bond acceptors (Lipinski definition) is 4. The molecule has 0 radical (unpaired) electrons. The van der Waals surface area contributed by atoms with Crippen LogP contribution < -0.4 is 15.4 Å². The minimum atomic E-state index is 0.312. The van der Waals surface area contributed by atoms with Gasteiger partial charge in [0.15, 0.2) is 0 Å². The van der Waals surface area contributed by atoms with Crippen molar-refractivity contribution < 1.29 is 9.47 Å². The van der Waals surface area contributed by atoms with Crippen LogP contribution in [0.25, 0.3) is 0 Å². The molecule has 1 heterocycles. The van der Waals surface area contributed by atoms with Crippen molar-refractivity contribution in [2.75, 3.05) is 31.7 Å². The van der Waals surface area contributed by atoms with E-state index in [2.05, 4.69) is 24.5 Å². The fourth-order valence-electron chi connectivity index (χ4n) is 2.48. The first-order chi connectivity index (χ1) is 10.2. The molecular weight excluding hydrogens is 288 g/mol. The van der Waals surface area contributed by atoms with Gasteiger partial charge < -0.3 is 20.1 Å². The molecular formula is C16H25ClN2O2. The highest BCUT2D eigenvalue weighted by Gasteiger charge is 2.17. The van der Waals surface area contributed by atoms with E-state index < -0.39 is 0 Å². The number of rotatable bonds is 7. The summed E-state index contributed by atoms with van der Waals surface area (Å²) in [5.41, 5.74) is 0.958. The summed E-state index contributed by atoms with van der Waals surface area (Å²) in [4.78, 5) is 0. The highest BCUT2D eigenvalue weighted by atomic mass is 35.5. The number of hydrogen-bond donors (Lipinski definition) is 2. The van der Waals surface area contributed by atoms with Gasteiger partial charge in [-0.05, 0) is 38.0 Å². The summed E-state index contributed by atoms with van der Waals surface area (Å²) < 4.78 is 11.3. The highest BCUT2D eigenvalue weighted by Crippen LogP contribution is 2.29. The van der Waals surface area contributed by atoms with Crippen LogP contribution in [0.2, 0.25) is 5.02 Å². The van der Waals surface area contributed by atoms with Gasteiger partial charge in [-0.15, -0.1) is 0 Å². The average Bonchev–Trinajstić information content (AvgIpc) is 2.47. The van der Waals surface area contributed by atoms with E-state index in [1.807, 2.05) is 18.2 Å². The van der Waals surface area contributed by atoms with E-state index in [1.165, 1.54) is 0 Å². The van der Waals surface area contributed by atoms with Crippen LogP contribution in [0.5, 0.6) is 5.75 Å². The Morgan fingerprint density at radius 3 is 3.10 bits per heavy atom. The number of morpholine rings is 1. The molecule has 0 aromatic heterocycles. The third-order valence-electron chi connectivity index (χ3n) is 3.44. The number of benzene rings is 1. The Balaban J connectivity index is 1.94. The van der Waals surface area contributed by atoms with Gasteiger partial charge >= 0.3 is 0 Å². The molecule has 1 aliphatic rings. The molecule has 1 aromatic carbocycles. The maximum atomic E-state index is 6.10. The second-order valence-corrected chi connectivity index (χ2v) is 5.93. The Morgan fingerprint density at radius 2 is 2.38 bits per heavy atom. The first kappa shape index (κ1) is 16.4. The van der Waals surface area contributed by atoms with Crippen molar-refractivity contribution in [3.05, 3.63) is 23.2 Å². The summed E-state index contributed by atoms with van der Waals surface area (Å²) in [7, 11) is 0. The topological polar surface area (TPSA) is 42.5 Å².